The van der Waals surface area contributed by atoms with Crippen molar-refractivity contribution in [2.24, 2.45) is 5.73 Å². The second-order valence-electron chi connectivity index (χ2n) is 4.48. The summed E-state index contributed by atoms with van der Waals surface area (Å²) in [6.45, 7) is 2.16. The number of hydrogen-bond acceptors (Lipinski definition) is 5. The Balaban J connectivity index is 3.16. The lowest BCUT2D eigenvalue weighted by Gasteiger charge is -2.23. The van der Waals surface area contributed by atoms with Gasteiger partial charge >= 0.3 is 0 Å². The molecule has 0 unspecified atom stereocenters. The number of nitro groups is 1. The molecule has 7 nitrogen and oxygen atoms in total. The maximum Gasteiger partial charge on any atom is 0.292 e. The normalized spacial score (nSPS) is 10.3. The molecular weight excluding hydrogens is 262 g/mol. The van der Waals surface area contributed by atoms with Gasteiger partial charge < -0.3 is 15.7 Å². The second-order valence-corrected chi connectivity index (χ2v) is 4.48. The Morgan fingerprint density at radius 3 is 2.70 bits per heavy atom. The molecule has 0 spiro atoms. The van der Waals surface area contributed by atoms with Crippen molar-refractivity contribution in [2.75, 3.05) is 18.0 Å². The number of unbranched alkanes of at least 4 members (excludes halogenated alkanes) is 1. The van der Waals surface area contributed by atoms with Crippen LogP contribution >= 0.6 is 0 Å². The van der Waals surface area contributed by atoms with Crippen LogP contribution in [0.3, 0.4) is 0 Å². The fraction of sp³-hybridized carbons (Fsp3) is 0.462. The summed E-state index contributed by atoms with van der Waals surface area (Å²) in [6, 6.07) is 4.46. The van der Waals surface area contributed by atoms with Crippen LogP contribution in [0, 0.1) is 10.1 Å². The van der Waals surface area contributed by atoms with Crippen LogP contribution in [-0.2, 0) is 11.4 Å². The van der Waals surface area contributed by atoms with Gasteiger partial charge in [-0.15, -0.1) is 0 Å². The lowest BCUT2D eigenvalue weighted by molar-refractivity contribution is -0.384. The van der Waals surface area contributed by atoms with Gasteiger partial charge in [0.2, 0.25) is 5.91 Å². The zero-order valence-corrected chi connectivity index (χ0v) is 11.4. The van der Waals surface area contributed by atoms with Crippen molar-refractivity contribution in [3.05, 3.63) is 33.9 Å². The first kappa shape index (κ1) is 15.9. The van der Waals surface area contributed by atoms with Crippen LogP contribution in [0.2, 0.25) is 0 Å². The molecule has 0 aliphatic heterocycles. The summed E-state index contributed by atoms with van der Waals surface area (Å²) in [5, 5.41) is 20.2. The Bertz CT molecular complexity index is 491. The van der Waals surface area contributed by atoms with Crippen molar-refractivity contribution in [3.63, 3.8) is 0 Å². The molecule has 0 atom stereocenters. The third-order valence-corrected chi connectivity index (χ3v) is 2.89. The molecule has 1 rings (SSSR count). The molecule has 0 aromatic heterocycles. The van der Waals surface area contributed by atoms with E-state index in [1.807, 2.05) is 6.92 Å². The monoisotopic (exact) mass is 281 g/mol. The van der Waals surface area contributed by atoms with E-state index in [0.717, 1.165) is 12.8 Å². The number of nitrogens with two attached hydrogens (primary N) is 1. The van der Waals surface area contributed by atoms with Gasteiger partial charge in [0.15, 0.2) is 0 Å². The fourth-order valence-electron chi connectivity index (χ4n) is 1.90. The summed E-state index contributed by atoms with van der Waals surface area (Å²) < 4.78 is 0. The van der Waals surface area contributed by atoms with Gasteiger partial charge in [0, 0.05) is 12.6 Å². The van der Waals surface area contributed by atoms with Crippen molar-refractivity contribution in [3.8, 4) is 0 Å². The predicted octanol–water partition coefficient (Wildman–Crippen LogP) is 1.18. The van der Waals surface area contributed by atoms with Gasteiger partial charge in [-0.3, -0.25) is 14.9 Å². The first-order valence-electron chi connectivity index (χ1n) is 6.41. The number of carbonyl (C=O) groups is 1. The Kier molecular flexibility index (Phi) is 5.92. The number of rotatable bonds is 8. The zero-order chi connectivity index (χ0) is 15.1. The molecule has 1 aromatic rings. The summed E-state index contributed by atoms with van der Waals surface area (Å²) in [6.07, 6.45) is 1.70. The molecule has 0 saturated carbocycles. The van der Waals surface area contributed by atoms with E-state index >= 15 is 0 Å². The van der Waals surface area contributed by atoms with E-state index in [2.05, 4.69) is 0 Å². The second kappa shape index (κ2) is 7.44. The summed E-state index contributed by atoms with van der Waals surface area (Å²) in [5.41, 5.74) is 5.86. The standard InChI is InChI=1S/C13H19N3O4/c1-2-3-6-15(8-13(14)18)11-5-4-10(9-17)7-12(11)16(19)20/h4-5,7,17H,2-3,6,8-9H2,1H3,(H2,14,18). The lowest BCUT2D eigenvalue weighted by atomic mass is 10.1. The number of amides is 1. The molecule has 0 bridgehead atoms. The molecule has 0 radical (unpaired) electrons. The molecule has 1 aromatic carbocycles. The number of hydrogen-bond donors (Lipinski definition) is 2. The van der Waals surface area contributed by atoms with Crippen molar-refractivity contribution >= 4 is 17.3 Å². The van der Waals surface area contributed by atoms with E-state index in [1.54, 1.807) is 17.0 Å². The quantitative estimate of drug-likeness (QED) is 0.549. The number of anilines is 1. The molecule has 0 aliphatic carbocycles. The smallest absolute Gasteiger partial charge is 0.292 e. The van der Waals surface area contributed by atoms with E-state index in [0.29, 0.717) is 17.8 Å². The Labute approximate surface area is 117 Å². The molecule has 0 heterocycles. The number of aliphatic hydroxyl groups excluding tert-OH is 1. The number of nitrogens with zero attached hydrogens (tertiary/aromatic N) is 2. The van der Waals surface area contributed by atoms with Gasteiger partial charge in [-0.1, -0.05) is 19.4 Å². The highest BCUT2D eigenvalue weighted by Gasteiger charge is 2.20. The van der Waals surface area contributed by atoms with Crippen LogP contribution in [0.15, 0.2) is 18.2 Å². The van der Waals surface area contributed by atoms with Gasteiger partial charge in [-0.25, -0.2) is 0 Å². The highest BCUT2D eigenvalue weighted by atomic mass is 16.6. The number of carbonyl (C=O) groups excluding carboxylic acids is 1. The van der Waals surface area contributed by atoms with Crippen molar-refractivity contribution in [2.45, 2.75) is 26.4 Å². The van der Waals surface area contributed by atoms with Crippen molar-refractivity contribution in [1.29, 1.82) is 0 Å². The lowest BCUT2D eigenvalue weighted by Crippen LogP contribution is -2.34. The summed E-state index contributed by atoms with van der Waals surface area (Å²) in [5.74, 6) is -0.540. The molecule has 7 heteroatoms. The maximum absolute atomic E-state index is 11.1. The van der Waals surface area contributed by atoms with Crippen LogP contribution in [0.5, 0.6) is 0 Å². The minimum atomic E-state index is -0.540. The van der Waals surface area contributed by atoms with E-state index in [9.17, 15) is 14.9 Å². The van der Waals surface area contributed by atoms with E-state index in [1.165, 1.54) is 6.07 Å². The van der Waals surface area contributed by atoms with Gasteiger partial charge in [0.05, 0.1) is 18.1 Å². The van der Waals surface area contributed by atoms with Crippen LogP contribution in [-0.4, -0.2) is 29.0 Å². The number of benzene rings is 1. The molecule has 1 amide bonds. The third-order valence-electron chi connectivity index (χ3n) is 2.89. The summed E-state index contributed by atoms with van der Waals surface area (Å²) in [4.78, 5) is 23.3. The first-order chi connectivity index (χ1) is 9.49. The van der Waals surface area contributed by atoms with Crippen LogP contribution in [0.4, 0.5) is 11.4 Å². The van der Waals surface area contributed by atoms with Gasteiger partial charge in [0.25, 0.3) is 5.69 Å². The molecule has 20 heavy (non-hydrogen) atoms. The molecule has 0 fully saturated rings. The van der Waals surface area contributed by atoms with Crippen LogP contribution in [0.1, 0.15) is 25.3 Å². The van der Waals surface area contributed by atoms with E-state index in [-0.39, 0.29) is 18.8 Å². The minimum Gasteiger partial charge on any atom is -0.392 e. The highest BCUT2D eigenvalue weighted by molar-refractivity contribution is 5.81. The minimum absolute atomic E-state index is 0.0701. The highest BCUT2D eigenvalue weighted by Crippen LogP contribution is 2.29. The fourth-order valence-corrected chi connectivity index (χ4v) is 1.90. The van der Waals surface area contributed by atoms with Crippen LogP contribution in [0.25, 0.3) is 0 Å². The molecule has 0 saturated heterocycles. The average Bonchev–Trinajstić information content (AvgIpc) is 2.42. The largest absolute Gasteiger partial charge is 0.392 e. The van der Waals surface area contributed by atoms with Gasteiger partial charge in [-0.2, -0.15) is 0 Å². The van der Waals surface area contributed by atoms with Gasteiger partial charge in [0.1, 0.15) is 5.69 Å². The molecule has 110 valence electrons. The third kappa shape index (κ3) is 4.20. The maximum atomic E-state index is 11.1. The summed E-state index contributed by atoms with van der Waals surface area (Å²) in [7, 11) is 0. The van der Waals surface area contributed by atoms with Crippen molar-refractivity contribution in [1.82, 2.24) is 0 Å². The Hall–Kier alpha value is -2.15. The Morgan fingerprint density at radius 2 is 2.20 bits per heavy atom. The Morgan fingerprint density at radius 1 is 1.50 bits per heavy atom. The SMILES string of the molecule is CCCCN(CC(N)=O)c1ccc(CO)cc1[N+](=O)[O-]. The number of aliphatic hydroxyl groups is 1. The number of nitro benzene ring substituents is 1. The average molecular weight is 281 g/mol. The topological polar surface area (TPSA) is 110 Å². The molecule has 3 N–H and O–H groups in total. The van der Waals surface area contributed by atoms with E-state index in [4.69, 9.17) is 10.8 Å². The number of primary amides is 1. The van der Waals surface area contributed by atoms with Crippen LogP contribution < -0.4 is 10.6 Å². The molecular formula is C13H19N3O4. The van der Waals surface area contributed by atoms with E-state index < -0.39 is 10.8 Å². The van der Waals surface area contributed by atoms with Crippen molar-refractivity contribution < 1.29 is 14.8 Å². The first-order valence-corrected chi connectivity index (χ1v) is 6.41. The predicted molar refractivity (Wildman–Crippen MR) is 75.3 cm³/mol. The molecule has 0 aliphatic rings. The van der Waals surface area contributed by atoms with Gasteiger partial charge in [-0.05, 0) is 18.1 Å². The summed E-state index contributed by atoms with van der Waals surface area (Å²) >= 11 is 0. The zero-order valence-electron chi connectivity index (χ0n) is 11.4.